The minimum Gasteiger partial charge on any atom is -0.459 e. The van der Waals surface area contributed by atoms with Gasteiger partial charge in [-0.15, -0.1) is 0 Å². The van der Waals surface area contributed by atoms with E-state index in [1.54, 1.807) is 31.2 Å². The summed E-state index contributed by atoms with van der Waals surface area (Å²) in [5.41, 5.74) is 1.58. The first kappa shape index (κ1) is 19.3. The predicted molar refractivity (Wildman–Crippen MR) is 97.4 cm³/mol. The summed E-state index contributed by atoms with van der Waals surface area (Å²) in [7, 11) is 0. The van der Waals surface area contributed by atoms with E-state index < -0.39 is 12.5 Å². The van der Waals surface area contributed by atoms with Crippen molar-refractivity contribution in [2.24, 2.45) is 0 Å². The van der Waals surface area contributed by atoms with Crippen LogP contribution in [0.3, 0.4) is 0 Å². The maximum absolute atomic E-state index is 12.8. The number of nitrogens with one attached hydrogen (secondary N) is 2. The standard InChI is InChI=1S/C19H18F2N4O3/c1-12-4-5-13(11-14(12)24-18(27)15-3-2-10-28-15)17(26)23-7-6-16-22-8-9-25(16)19(20)21/h2-5,8-11,19H,6-7H2,1H3,(H,23,26)(H,24,27). The average Bonchev–Trinajstić information content (AvgIpc) is 3.35. The lowest BCUT2D eigenvalue weighted by Crippen LogP contribution is -2.26. The van der Waals surface area contributed by atoms with Crippen molar-refractivity contribution in [2.45, 2.75) is 19.9 Å². The summed E-state index contributed by atoms with van der Waals surface area (Å²) in [5.74, 6) is -0.470. The number of halogens is 2. The molecule has 2 heterocycles. The third kappa shape index (κ3) is 4.43. The van der Waals surface area contributed by atoms with Crippen molar-refractivity contribution in [3.8, 4) is 0 Å². The fourth-order valence-electron chi connectivity index (χ4n) is 2.59. The van der Waals surface area contributed by atoms with Crippen molar-refractivity contribution in [3.05, 3.63) is 71.7 Å². The summed E-state index contributed by atoms with van der Waals surface area (Å²) in [6, 6.07) is 8.00. The van der Waals surface area contributed by atoms with Crippen LogP contribution in [0.5, 0.6) is 0 Å². The number of carbonyl (C=O) groups excluding carboxylic acids is 2. The van der Waals surface area contributed by atoms with Gasteiger partial charge < -0.3 is 15.1 Å². The van der Waals surface area contributed by atoms with Crippen molar-refractivity contribution in [1.29, 1.82) is 0 Å². The number of nitrogens with zero attached hydrogens (tertiary/aromatic N) is 2. The van der Waals surface area contributed by atoms with E-state index in [-0.39, 0.29) is 30.5 Å². The number of amides is 2. The first-order chi connectivity index (χ1) is 13.5. The molecule has 0 bridgehead atoms. The molecule has 0 atom stereocenters. The average molecular weight is 388 g/mol. The lowest BCUT2D eigenvalue weighted by atomic mass is 10.1. The monoisotopic (exact) mass is 388 g/mol. The number of rotatable bonds is 7. The van der Waals surface area contributed by atoms with Crippen LogP contribution in [0, 0.1) is 6.92 Å². The molecule has 2 amide bonds. The first-order valence-corrected chi connectivity index (χ1v) is 8.49. The normalized spacial score (nSPS) is 10.9. The highest BCUT2D eigenvalue weighted by atomic mass is 19.3. The molecule has 2 N–H and O–H groups in total. The van der Waals surface area contributed by atoms with Crippen molar-refractivity contribution >= 4 is 17.5 Å². The highest BCUT2D eigenvalue weighted by Crippen LogP contribution is 2.18. The van der Waals surface area contributed by atoms with Crippen LogP contribution in [-0.4, -0.2) is 27.9 Å². The molecule has 1 aromatic carbocycles. The lowest BCUT2D eigenvalue weighted by Gasteiger charge is -2.11. The molecule has 0 saturated heterocycles. The Balaban J connectivity index is 1.62. The van der Waals surface area contributed by atoms with Gasteiger partial charge in [0.2, 0.25) is 0 Å². The van der Waals surface area contributed by atoms with Gasteiger partial charge in [-0.1, -0.05) is 6.07 Å². The number of aryl methyl sites for hydroxylation is 1. The summed E-state index contributed by atoms with van der Waals surface area (Å²) >= 11 is 0. The maximum Gasteiger partial charge on any atom is 0.319 e. The Hall–Kier alpha value is -3.49. The molecule has 0 radical (unpaired) electrons. The molecule has 3 rings (SSSR count). The topological polar surface area (TPSA) is 89.2 Å². The van der Waals surface area contributed by atoms with Gasteiger partial charge in [-0.05, 0) is 36.8 Å². The summed E-state index contributed by atoms with van der Waals surface area (Å²) in [6.45, 7) is -0.737. The largest absolute Gasteiger partial charge is 0.459 e. The second-order valence-electron chi connectivity index (χ2n) is 6.00. The molecule has 0 saturated carbocycles. The molecule has 28 heavy (non-hydrogen) atoms. The second kappa shape index (κ2) is 8.47. The summed E-state index contributed by atoms with van der Waals surface area (Å²) < 4.78 is 31.4. The highest BCUT2D eigenvalue weighted by molar-refractivity contribution is 6.03. The van der Waals surface area contributed by atoms with Crippen molar-refractivity contribution < 1.29 is 22.8 Å². The van der Waals surface area contributed by atoms with Gasteiger partial charge in [0.05, 0.1) is 6.26 Å². The number of benzene rings is 1. The smallest absolute Gasteiger partial charge is 0.319 e. The first-order valence-electron chi connectivity index (χ1n) is 8.49. The Morgan fingerprint density at radius 3 is 2.79 bits per heavy atom. The molecule has 0 aliphatic rings. The fourth-order valence-corrected chi connectivity index (χ4v) is 2.59. The zero-order valence-electron chi connectivity index (χ0n) is 15.0. The Kier molecular flexibility index (Phi) is 5.83. The number of hydrogen-bond donors (Lipinski definition) is 2. The number of furan rings is 1. The Morgan fingerprint density at radius 1 is 1.25 bits per heavy atom. The third-order valence-electron chi connectivity index (χ3n) is 4.09. The van der Waals surface area contributed by atoms with E-state index in [0.29, 0.717) is 11.3 Å². The second-order valence-corrected chi connectivity index (χ2v) is 6.00. The summed E-state index contributed by atoms with van der Waals surface area (Å²) in [6.07, 6.45) is 4.04. The molecule has 0 aliphatic carbocycles. The van der Waals surface area contributed by atoms with Crippen LogP contribution >= 0.6 is 0 Å². The van der Waals surface area contributed by atoms with Crippen molar-refractivity contribution in [3.63, 3.8) is 0 Å². The molecule has 0 fully saturated rings. The van der Waals surface area contributed by atoms with E-state index >= 15 is 0 Å². The molecule has 0 spiro atoms. The number of carbonyl (C=O) groups is 2. The van der Waals surface area contributed by atoms with Gasteiger partial charge in [0.15, 0.2) is 5.76 Å². The zero-order chi connectivity index (χ0) is 20.1. The van der Waals surface area contributed by atoms with E-state index in [2.05, 4.69) is 15.6 Å². The maximum atomic E-state index is 12.8. The van der Waals surface area contributed by atoms with Gasteiger partial charge in [0.25, 0.3) is 11.8 Å². The van der Waals surface area contributed by atoms with Crippen LogP contribution < -0.4 is 10.6 Å². The van der Waals surface area contributed by atoms with Gasteiger partial charge in [-0.3, -0.25) is 14.2 Å². The van der Waals surface area contributed by atoms with Gasteiger partial charge in [0.1, 0.15) is 5.82 Å². The fraction of sp³-hybridized carbons (Fsp3) is 0.211. The molecule has 0 aliphatic heterocycles. The Bertz CT molecular complexity index is 967. The predicted octanol–water partition coefficient (Wildman–Crippen LogP) is 3.40. The van der Waals surface area contributed by atoms with Crippen LogP contribution in [0.4, 0.5) is 14.5 Å². The van der Waals surface area contributed by atoms with Crippen LogP contribution in [-0.2, 0) is 6.42 Å². The number of alkyl halides is 2. The molecule has 0 unspecified atom stereocenters. The van der Waals surface area contributed by atoms with Crippen LogP contribution in [0.15, 0.2) is 53.4 Å². The number of hydrogen-bond acceptors (Lipinski definition) is 4. The van der Waals surface area contributed by atoms with Crippen molar-refractivity contribution in [2.75, 3.05) is 11.9 Å². The van der Waals surface area contributed by atoms with Gasteiger partial charge in [-0.25, -0.2) is 4.98 Å². The minimum atomic E-state index is -2.68. The van der Waals surface area contributed by atoms with E-state index in [0.717, 1.165) is 10.1 Å². The van der Waals surface area contributed by atoms with Gasteiger partial charge in [0, 0.05) is 36.6 Å². The van der Waals surface area contributed by atoms with Crippen LogP contribution in [0.2, 0.25) is 0 Å². The van der Waals surface area contributed by atoms with Crippen LogP contribution in [0.1, 0.15) is 38.9 Å². The van der Waals surface area contributed by atoms with E-state index in [1.807, 2.05) is 0 Å². The molecule has 9 heteroatoms. The molecular weight excluding hydrogens is 370 g/mol. The summed E-state index contributed by atoms with van der Waals surface area (Å²) in [5, 5.41) is 5.36. The Morgan fingerprint density at radius 2 is 2.07 bits per heavy atom. The highest BCUT2D eigenvalue weighted by Gasteiger charge is 2.14. The third-order valence-corrected chi connectivity index (χ3v) is 4.09. The SMILES string of the molecule is Cc1ccc(C(=O)NCCc2nccn2C(F)F)cc1NC(=O)c1ccco1. The number of anilines is 1. The minimum absolute atomic E-state index is 0.143. The molecule has 2 aromatic heterocycles. The molecule has 7 nitrogen and oxygen atoms in total. The van der Waals surface area contributed by atoms with Gasteiger partial charge >= 0.3 is 6.55 Å². The summed E-state index contributed by atoms with van der Waals surface area (Å²) in [4.78, 5) is 28.3. The zero-order valence-corrected chi connectivity index (χ0v) is 15.0. The van der Waals surface area contributed by atoms with E-state index in [1.165, 1.54) is 24.7 Å². The number of imidazole rings is 1. The molecule has 146 valence electrons. The molecular formula is C19H18F2N4O3. The van der Waals surface area contributed by atoms with Crippen LogP contribution in [0.25, 0.3) is 0 Å². The lowest BCUT2D eigenvalue weighted by molar-refractivity contribution is 0.0670. The molecule has 3 aromatic rings. The van der Waals surface area contributed by atoms with Gasteiger partial charge in [-0.2, -0.15) is 8.78 Å². The number of aromatic nitrogens is 2. The van der Waals surface area contributed by atoms with E-state index in [9.17, 15) is 18.4 Å². The van der Waals surface area contributed by atoms with Crippen molar-refractivity contribution in [1.82, 2.24) is 14.9 Å². The van der Waals surface area contributed by atoms with E-state index in [4.69, 9.17) is 4.42 Å². The quantitative estimate of drug-likeness (QED) is 0.649. The Labute approximate surface area is 159 Å².